The Morgan fingerprint density at radius 1 is 1.40 bits per heavy atom. The number of aromatic nitrogens is 2. The van der Waals surface area contributed by atoms with Crippen molar-refractivity contribution in [2.75, 3.05) is 13.6 Å². The van der Waals surface area contributed by atoms with Crippen LogP contribution in [0.2, 0.25) is 0 Å². The van der Waals surface area contributed by atoms with Gasteiger partial charge in [0.05, 0.1) is 15.9 Å². The van der Waals surface area contributed by atoms with Crippen LogP contribution in [0, 0.1) is 6.92 Å². The third-order valence-corrected chi connectivity index (χ3v) is 3.51. The largest absolute Gasteiger partial charge is 0.301 e. The van der Waals surface area contributed by atoms with Gasteiger partial charge in [-0.1, -0.05) is 6.92 Å². The van der Waals surface area contributed by atoms with Crippen LogP contribution in [0.3, 0.4) is 0 Å². The zero-order valence-corrected chi connectivity index (χ0v) is 11.6. The molecule has 0 aromatic carbocycles. The molecule has 1 aromatic heterocycles. The summed E-state index contributed by atoms with van der Waals surface area (Å²) in [5, 5.41) is 4.48. The van der Waals surface area contributed by atoms with Gasteiger partial charge in [-0.25, -0.2) is 0 Å². The second kappa shape index (κ2) is 5.66. The van der Waals surface area contributed by atoms with E-state index in [1.54, 1.807) is 0 Å². The molecule has 4 heteroatoms. The molecule has 0 unspecified atom stereocenters. The van der Waals surface area contributed by atoms with Crippen molar-refractivity contribution in [3.05, 3.63) is 15.9 Å². The number of rotatable bonds is 5. The van der Waals surface area contributed by atoms with Crippen LogP contribution in [0.1, 0.15) is 31.7 Å². The number of hydrogen-bond donors (Lipinski definition) is 0. The quantitative estimate of drug-likeness (QED) is 0.823. The fourth-order valence-corrected chi connectivity index (χ4v) is 2.15. The first-order valence-corrected chi connectivity index (χ1v) is 6.29. The Hall–Kier alpha value is -0.350. The van der Waals surface area contributed by atoms with Gasteiger partial charge >= 0.3 is 0 Å². The van der Waals surface area contributed by atoms with Gasteiger partial charge in [-0.05, 0) is 49.8 Å². The van der Waals surface area contributed by atoms with Crippen LogP contribution in [0.25, 0.3) is 0 Å². The molecule has 0 N–H and O–H groups in total. The molecule has 0 fully saturated rings. The molecule has 15 heavy (non-hydrogen) atoms. The highest BCUT2D eigenvalue weighted by atomic mass is 79.9. The van der Waals surface area contributed by atoms with Crippen molar-refractivity contribution in [1.82, 2.24) is 14.7 Å². The van der Waals surface area contributed by atoms with E-state index < -0.39 is 0 Å². The lowest BCUT2D eigenvalue weighted by atomic mass is 10.3. The molecule has 0 radical (unpaired) electrons. The van der Waals surface area contributed by atoms with Crippen LogP contribution in [-0.2, 0) is 13.1 Å². The summed E-state index contributed by atoms with van der Waals surface area (Å²) in [4.78, 5) is 2.33. The summed E-state index contributed by atoms with van der Waals surface area (Å²) in [5.74, 6) is 0. The molecule has 1 rings (SSSR count). The van der Waals surface area contributed by atoms with Crippen molar-refractivity contribution in [3.63, 3.8) is 0 Å². The highest BCUT2D eigenvalue weighted by molar-refractivity contribution is 9.10. The van der Waals surface area contributed by atoms with E-state index >= 15 is 0 Å². The maximum atomic E-state index is 4.48. The van der Waals surface area contributed by atoms with Crippen LogP contribution in [-0.4, -0.2) is 28.3 Å². The van der Waals surface area contributed by atoms with Crippen molar-refractivity contribution >= 4 is 15.9 Å². The van der Waals surface area contributed by atoms with Crippen LogP contribution in [0.15, 0.2) is 4.47 Å². The molecule has 0 bridgehead atoms. The number of nitrogens with zero attached hydrogens (tertiary/aromatic N) is 3. The van der Waals surface area contributed by atoms with Gasteiger partial charge in [0.2, 0.25) is 0 Å². The Balaban J connectivity index is 2.82. The van der Waals surface area contributed by atoms with Crippen molar-refractivity contribution in [2.45, 2.75) is 40.3 Å². The molecule has 0 aliphatic heterocycles. The maximum Gasteiger partial charge on any atom is 0.0739 e. The lowest BCUT2D eigenvalue weighted by Crippen LogP contribution is -2.21. The Morgan fingerprint density at radius 3 is 2.60 bits per heavy atom. The summed E-state index contributed by atoms with van der Waals surface area (Å²) in [6.07, 6.45) is 1.19. The van der Waals surface area contributed by atoms with Crippen LogP contribution >= 0.6 is 15.9 Å². The van der Waals surface area contributed by atoms with Gasteiger partial charge in [0.1, 0.15) is 0 Å². The SMILES string of the molecule is CCCN(C)Cc1c(Br)c(C)nn1CC. The summed E-state index contributed by atoms with van der Waals surface area (Å²) in [7, 11) is 2.15. The summed E-state index contributed by atoms with van der Waals surface area (Å²) in [6.45, 7) is 9.39. The summed E-state index contributed by atoms with van der Waals surface area (Å²) >= 11 is 3.61. The molecule has 3 nitrogen and oxygen atoms in total. The molecule has 0 aliphatic carbocycles. The van der Waals surface area contributed by atoms with E-state index in [0.717, 1.165) is 29.8 Å². The van der Waals surface area contributed by atoms with Gasteiger partial charge < -0.3 is 4.90 Å². The molecular weight excluding hydrogens is 254 g/mol. The normalized spacial score (nSPS) is 11.3. The molecule has 1 aromatic rings. The molecule has 1 heterocycles. The van der Waals surface area contributed by atoms with E-state index in [0.29, 0.717) is 0 Å². The second-order valence-electron chi connectivity index (χ2n) is 3.90. The zero-order valence-electron chi connectivity index (χ0n) is 10.0. The standard InChI is InChI=1S/C11H20BrN3/c1-5-7-14(4)8-10-11(12)9(3)13-15(10)6-2/h5-8H2,1-4H3. The predicted molar refractivity (Wildman–Crippen MR) is 67.0 cm³/mol. The first-order chi connectivity index (χ1) is 7.10. The van der Waals surface area contributed by atoms with Crippen molar-refractivity contribution in [3.8, 4) is 0 Å². The lowest BCUT2D eigenvalue weighted by Gasteiger charge is -2.16. The van der Waals surface area contributed by atoms with E-state index in [1.165, 1.54) is 12.1 Å². The molecule has 0 spiro atoms. The van der Waals surface area contributed by atoms with E-state index in [2.05, 4.69) is 51.5 Å². The number of halogens is 1. The smallest absolute Gasteiger partial charge is 0.0739 e. The second-order valence-corrected chi connectivity index (χ2v) is 4.69. The molecule has 0 atom stereocenters. The summed E-state index contributed by atoms with van der Waals surface area (Å²) < 4.78 is 3.23. The highest BCUT2D eigenvalue weighted by Crippen LogP contribution is 2.22. The minimum atomic E-state index is 0.932. The van der Waals surface area contributed by atoms with Crippen LogP contribution in [0.5, 0.6) is 0 Å². The topological polar surface area (TPSA) is 21.1 Å². The lowest BCUT2D eigenvalue weighted by molar-refractivity contribution is 0.315. The average Bonchev–Trinajstić information content (AvgIpc) is 2.46. The summed E-state index contributed by atoms with van der Waals surface area (Å²) in [6, 6.07) is 0. The van der Waals surface area contributed by atoms with E-state index in [-0.39, 0.29) is 0 Å². The monoisotopic (exact) mass is 273 g/mol. The van der Waals surface area contributed by atoms with Gasteiger partial charge in [-0.2, -0.15) is 5.10 Å². The number of hydrogen-bond acceptors (Lipinski definition) is 2. The zero-order chi connectivity index (χ0) is 11.4. The molecular formula is C11H20BrN3. The summed E-state index contributed by atoms with van der Waals surface area (Å²) in [5.41, 5.74) is 2.36. The third kappa shape index (κ3) is 3.05. The fraction of sp³-hybridized carbons (Fsp3) is 0.727. The third-order valence-electron chi connectivity index (χ3n) is 2.48. The maximum absolute atomic E-state index is 4.48. The Labute approximate surface area is 101 Å². The molecule has 0 amide bonds. The molecule has 86 valence electrons. The van der Waals surface area contributed by atoms with Gasteiger partial charge in [0.15, 0.2) is 0 Å². The van der Waals surface area contributed by atoms with Crippen LogP contribution < -0.4 is 0 Å². The van der Waals surface area contributed by atoms with E-state index in [9.17, 15) is 0 Å². The molecule has 0 saturated carbocycles. The van der Waals surface area contributed by atoms with Gasteiger partial charge in [0, 0.05) is 13.1 Å². The van der Waals surface area contributed by atoms with E-state index in [4.69, 9.17) is 0 Å². The molecule has 0 aliphatic rings. The van der Waals surface area contributed by atoms with Crippen LogP contribution in [0.4, 0.5) is 0 Å². The van der Waals surface area contributed by atoms with Gasteiger partial charge in [-0.15, -0.1) is 0 Å². The predicted octanol–water partition coefficient (Wildman–Crippen LogP) is 2.82. The van der Waals surface area contributed by atoms with Gasteiger partial charge in [-0.3, -0.25) is 4.68 Å². The first kappa shape index (κ1) is 12.7. The minimum absolute atomic E-state index is 0.932. The highest BCUT2D eigenvalue weighted by Gasteiger charge is 2.13. The average molecular weight is 274 g/mol. The minimum Gasteiger partial charge on any atom is -0.301 e. The van der Waals surface area contributed by atoms with Crippen molar-refractivity contribution < 1.29 is 0 Å². The molecule has 0 saturated heterocycles. The Kier molecular flexibility index (Phi) is 4.80. The van der Waals surface area contributed by atoms with Crippen molar-refractivity contribution in [2.24, 2.45) is 0 Å². The Morgan fingerprint density at radius 2 is 2.07 bits per heavy atom. The number of aryl methyl sites for hydroxylation is 2. The first-order valence-electron chi connectivity index (χ1n) is 5.50. The Bertz CT molecular complexity index is 320. The van der Waals surface area contributed by atoms with E-state index in [1.807, 2.05) is 6.92 Å². The van der Waals surface area contributed by atoms with Crippen molar-refractivity contribution in [1.29, 1.82) is 0 Å². The van der Waals surface area contributed by atoms with Gasteiger partial charge in [0.25, 0.3) is 0 Å². The fourth-order valence-electron chi connectivity index (χ4n) is 1.74.